The predicted octanol–water partition coefficient (Wildman–Crippen LogP) is 2.40. The van der Waals surface area contributed by atoms with Crippen molar-refractivity contribution in [3.05, 3.63) is 29.7 Å². The topological polar surface area (TPSA) is 78.7 Å². The van der Waals surface area contributed by atoms with E-state index in [1.165, 1.54) is 0 Å². The molecular formula is C18H24N4O3. The summed E-state index contributed by atoms with van der Waals surface area (Å²) in [4.78, 5) is 32.7. The van der Waals surface area contributed by atoms with Gasteiger partial charge in [-0.25, -0.2) is 9.78 Å². The van der Waals surface area contributed by atoms with E-state index in [2.05, 4.69) is 10.3 Å². The summed E-state index contributed by atoms with van der Waals surface area (Å²) >= 11 is 0. The van der Waals surface area contributed by atoms with E-state index in [-0.39, 0.29) is 17.5 Å². The molecule has 7 nitrogen and oxygen atoms in total. The van der Waals surface area contributed by atoms with Gasteiger partial charge in [-0.3, -0.25) is 4.79 Å². The standard InChI is InChI=1S/C18H24N4O3/c1-12-19-14-6-5-13(11-15(14)25-12)16(23)21-7-9-22(10-8-21)17(24)20-18(2,3)4/h5-6,11H,7-10H2,1-4H3,(H,20,24). The second-order valence-electron chi connectivity index (χ2n) is 7.37. The Morgan fingerprint density at radius 3 is 2.40 bits per heavy atom. The van der Waals surface area contributed by atoms with Crippen LogP contribution in [0, 0.1) is 6.92 Å². The summed E-state index contributed by atoms with van der Waals surface area (Å²) in [7, 11) is 0. The van der Waals surface area contributed by atoms with Gasteiger partial charge in [0.1, 0.15) is 5.52 Å². The fraction of sp³-hybridized carbons (Fsp3) is 0.500. The van der Waals surface area contributed by atoms with Gasteiger partial charge in [-0.2, -0.15) is 0 Å². The van der Waals surface area contributed by atoms with E-state index in [0.717, 1.165) is 5.52 Å². The number of piperazine rings is 1. The molecule has 3 rings (SSSR count). The molecule has 1 aromatic carbocycles. The average molecular weight is 344 g/mol. The number of fused-ring (bicyclic) bond motifs is 1. The quantitative estimate of drug-likeness (QED) is 0.861. The lowest BCUT2D eigenvalue weighted by atomic mass is 10.1. The summed E-state index contributed by atoms with van der Waals surface area (Å²) in [6, 6.07) is 5.21. The van der Waals surface area contributed by atoms with E-state index in [1.54, 1.807) is 34.9 Å². The minimum atomic E-state index is -0.269. The Labute approximate surface area is 147 Å². The Morgan fingerprint density at radius 1 is 1.12 bits per heavy atom. The number of carbonyl (C=O) groups excluding carboxylic acids is 2. The van der Waals surface area contributed by atoms with Crippen LogP contribution in [0.1, 0.15) is 37.0 Å². The maximum absolute atomic E-state index is 12.7. The maximum Gasteiger partial charge on any atom is 0.317 e. The van der Waals surface area contributed by atoms with E-state index < -0.39 is 0 Å². The van der Waals surface area contributed by atoms with Crippen molar-refractivity contribution in [2.75, 3.05) is 26.2 Å². The third-order valence-electron chi connectivity index (χ3n) is 4.08. The van der Waals surface area contributed by atoms with Crippen LogP contribution in [0.2, 0.25) is 0 Å². The highest BCUT2D eigenvalue weighted by atomic mass is 16.3. The number of nitrogens with zero attached hydrogens (tertiary/aromatic N) is 3. The molecule has 0 unspecified atom stereocenters. The van der Waals surface area contributed by atoms with E-state index in [9.17, 15) is 9.59 Å². The fourth-order valence-electron chi connectivity index (χ4n) is 2.87. The molecule has 1 N–H and O–H groups in total. The zero-order valence-electron chi connectivity index (χ0n) is 15.1. The molecule has 134 valence electrons. The Morgan fingerprint density at radius 2 is 1.76 bits per heavy atom. The zero-order chi connectivity index (χ0) is 18.2. The molecule has 7 heteroatoms. The Bertz CT molecular complexity index is 798. The highest BCUT2D eigenvalue weighted by molar-refractivity contribution is 5.97. The highest BCUT2D eigenvalue weighted by Crippen LogP contribution is 2.18. The van der Waals surface area contributed by atoms with E-state index in [1.807, 2.05) is 20.8 Å². The number of amides is 3. The van der Waals surface area contributed by atoms with Gasteiger partial charge in [0.25, 0.3) is 5.91 Å². The van der Waals surface area contributed by atoms with Crippen molar-refractivity contribution in [3.63, 3.8) is 0 Å². The van der Waals surface area contributed by atoms with Gasteiger partial charge in [0.2, 0.25) is 0 Å². The average Bonchev–Trinajstić information content (AvgIpc) is 2.91. The number of rotatable bonds is 1. The minimum absolute atomic E-state index is 0.0492. The molecule has 0 aliphatic carbocycles. The summed E-state index contributed by atoms with van der Waals surface area (Å²) in [6.45, 7) is 9.72. The summed E-state index contributed by atoms with van der Waals surface area (Å²) in [5, 5.41) is 2.95. The number of benzene rings is 1. The third kappa shape index (κ3) is 3.92. The van der Waals surface area contributed by atoms with Crippen molar-refractivity contribution >= 4 is 23.0 Å². The summed E-state index contributed by atoms with van der Waals surface area (Å²) in [5.74, 6) is 0.532. The van der Waals surface area contributed by atoms with Crippen molar-refractivity contribution < 1.29 is 14.0 Å². The predicted molar refractivity (Wildman–Crippen MR) is 94.5 cm³/mol. The summed E-state index contributed by atoms with van der Waals surface area (Å²) in [5.41, 5.74) is 1.68. The van der Waals surface area contributed by atoms with Gasteiger partial charge in [-0.15, -0.1) is 0 Å². The molecule has 0 radical (unpaired) electrons. The molecule has 1 aliphatic heterocycles. The first kappa shape index (κ1) is 17.3. The van der Waals surface area contributed by atoms with Gasteiger partial charge < -0.3 is 19.5 Å². The number of carbonyl (C=O) groups is 2. The number of hydrogen-bond donors (Lipinski definition) is 1. The van der Waals surface area contributed by atoms with E-state index in [4.69, 9.17) is 4.42 Å². The van der Waals surface area contributed by atoms with Crippen LogP contribution >= 0.6 is 0 Å². The molecule has 2 heterocycles. The molecule has 1 fully saturated rings. The van der Waals surface area contributed by atoms with Gasteiger partial charge in [-0.05, 0) is 39.0 Å². The molecule has 25 heavy (non-hydrogen) atoms. The molecule has 0 bridgehead atoms. The summed E-state index contributed by atoms with van der Waals surface area (Å²) < 4.78 is 5.50. The Hall–Kier alpha value is -2.57. The van der Waals surface area contributed by atoms with Crippen molar-refractivity contribution in [2.45, 2.75) is 33.2 Å². The van der Waals surface area contributed by atoms with Gasteiger partial charge in [0.05, 0.1) is 0 Å². The second-order valence-corrected chi connectivity index (χ2v) is 7.37. The first-order valence-electron chi connectivity index (χ1n) is 8.46. The second kappa shape index (κ2) is 6.38. The van der Waals surface area contributed by atoms with Crippen LogP contribution in [0.3, 0.4) is 0 Å². The SMILES string of the molecule is Cc1nc2ccc(C(=O)N3CCN(C(=O)NC(C)(C)C)CC3)cc2o1. The largest absolute Gasteiger partial charge is 0.441 e. The lowest BCUT2D eigenvalue weighted by molar-refractivity contribution is 0.0661. The van der Waals surface area contributed by atoms with Crippen molar-refractivity contribution in [1.82, 2.24) is 20.1 Å². The monoisotopic (exact) mass is 344 g/mol. The number of aryl methyl sites for hydroxylation is 1. The lowest BCUT2D eigenvalue weighted by Crippen LogP contribution is -2.56. The lowest BCUT2D eigenvalue weighted by Gasteiger charge is -2.36. The van der Waals surface area contributed by atoms with Gasteiger partial charge >= 0.3 is 6.03 Å². The molecular weight excluding hydrogens is 320 g/mol. The van der Waals surface area contributed by atoms with Crippen LogP contribution in [0.4, 0.5) is 4.79 Å². The maximum atomic E-state index is 12.7. The van der Waals surface area contributed by atoms with Gasteiger partial charge in [-0.1, -0.05) is 0 Å². The highest BCUT2D eigenvalue weighted by Gasteiger charge is 2.26. The first-order chi connectivity index (χ1) is 11.7. The zero-order valence-corrected chi connectivity index (χ0v) is 15.1. The number of urea groups is 1. The van der Waals surface area contributed by atoms with Crippen LogP contribution in [0.5, 0.6) is 0 Å². The molecule has 1 aromatic heterocycles. The molecule has 0 saturated carbocycles. The number of oxazole rings is 1. The Kier molecular flexibility index (Phi) is 4.41. The summed E-state index contributed by atoms with van der Waals surface area (Å²) in [6.07, 6.45) is 0. The minimum Gasteiger partial charge on any atom is -0.441 e. The molecule has 2 aromatic rings. The molecule has 3 amide bonds. The fourth-order valence-corrected chi connectivity index (χ4v) is 2.87. The van der Waals surface area contributed by atoms with Crippen LogP contribution in [0.15, 0.2) is 22.6 Å². The van der Waals surface area contributed by atoms with Crippen molar-refractivity contribution in [1.29, 1.82) is 0 Å². The van der Waals surface area contributed by atoms with Crippen molar-refractivity contribution in [3.8, 4) is 0 Å². The van der Waals surface area contributed by atoms with Crippen LogP contribution in [-0.2, 0) is 0 Å². The number of aromatic nitrogens is 1. The van der Waals surface area contributed by atoms with Crippen LogP contribution in [0.25, 0.3) is 11.1 Å². The Balaban J connectivity index is 1.63. The molecule has 0 spiro atoms. The van der Waals surface area contributed by atoms with Crippen LogP contribution in [-0.4, -0.2) is 58.4 Å². The van der Waals surface area contributed by atoms with Gasteiger partial charge in [0, 0.05) is 44.2 Å². The van der Waals surface area contributed by atoms with Gasteiger partial charge in [0.15, 0.2) is 11.5 Å². The molecule has 0 atom stereocenters. The van der Waals surface area contributed by atoms with Crippen LogP contribution < -0.4 is 5.32 Å². The number of nitrogens with one attached hydrogen (secondary N) is 1. The molecule has 1 aliphatic rings. The first-order valence-corrected chi connectivity index (χ1v) is 8.46. The van der Waals surface area contributed by atoms with Crippen molar-refractivity contribution in [2.24, 2.45) is 0 Å². The van der Waals surface area contributed by atoms with E-state index >= 15 is 0 Å². The third-order valence-corrected chi connectivity index (χ3v) is 4.08. The normalized spacial score (nSPS) is 15.5. The smallest absolute Gasteiger partial charge is 0.317 e. The molecule has 1 saturated heterocycles. The number of hydrogen-bond acceptors (Lipinski definition) is 4. The van der Waals surface area contributed by atoms with E-state index in [0.29, 0.717) is 43.2 Å².